The van der Waals surface area contributed by atoms with Crippen LogP contribution in [0, 0.1) is 12.2 Å². The monoisotopic (exact) mass is 304 g/mol. The molecule has 92 valence electrons. The molecule has 0 radical (unpaired) electrons. The first kappa shape index (κ1) is 22.4. The molecule has 17 heavy (non-hydrogen) atoms. The molecule has 0 heterocycles. The zero-order valence-electron chi connectivity index (χ0n) is 10.8. The van der Waals surface area contributed by atoms with Gasteiger partial charge in [-0.2, -0.15) is 11.1 Å². The van der Waals surface area contributed by atoms with Crippen molar-refractivity contribution >= 4 is 0 Å². The molecule has 0 N–H and O–H groups in total. The van der Waals surface area contributed by atoms with Crippen LogP contribution in [-0.4, -0.2) is 0 Å². The van der Waals surface area contributed by atoms with E-state index in [9.17, 15) is 0 Å². The van der Waals surface area contributed by atoms with Crippen molar-refractivity contribution in [2.75, 3.05) is 0 Å². The molecule has 0 spiro atoms. The molecule has 0 aliphatic heterocycles. The molecule has 2 aliphatic rings. The Hall–Kier alpha value is 0.254. The van der Waals surface area contributed by atoms with Gasteiger partial charge in [-0.05, 0) is 0 Å². The SMILES string of the molecule is CC1=C(C)C[C-]=C1.CC1=C(C)C[C-]=C1.[Cl-].[Cl-].[Ti+4]. The van der Waals surface area contributed by atoms with Crippen molar-refractivity contribution in [1.29, 1.82) is 0 Å². The number of hydrogen-bond acceptors (Lipinski definition) is 0. The van der Waals surface area contributed by atoms with Crippen molar-refractivity contribution in [3.8, 4) is 0 Å². The molecule has 0 aromatic heterocycles. The normalized spacial score (nSPS) is 15.8. The third-order valence-corrected chi connectivity index (χ3v) is 2.72. The van der Waals surface area contributed by atoms with Gasteiger partial charge in [-0.1, -0.05) is 13.8 Å². The molecule has 0 aromatic rings. The Morgan fingerprint density at radius 3 is 1.12 bits per heavy atom. The van der Waals surface area contributed by atoms with E-state index in [1.165, 1.54) is 22.3 Å². The summed E-state index contributed by atoms with van der Waals surface area (Å²) < 4.78 is 0. The van der Waals surface area contributed by atoms with Gasteiger partial charge < -0.3 is 24.8 Å². The quantitative estimate of drug-likeness (QED) is 0.365. The second-order valence-electron chi connectivity index (χ2n) is 3.98. The molecule has 0 atom stereocenters. The van der Waals surface area contributed by atoms with Crippen molar-refractivity contribution in [2.24, 2.45) is 0 Å². The maximum atomic E-state index is 3.12. The fraction of sp³-hybridized carbons (Fsp3) is 0.429. The van der Waals surface area contributed by atoms with Crippen LogP contribution in [0.5, 0.6) is 0 Å². The van der Waals surface area contributed by atoms with E-state index in [1.54, 1.807) is 0 Å². The maximum Gasteiger partial charge on any atom is 4.00 e. The molecule has 0 amide bonds. The van der Waals surface area contributed by atoms with Gasteiger partial charge in [-0.15, -0.1) is 26.7 Å². The summed E-state index contributed by atoms with van der Waals surface area (Å²) in [6.07, 6.45) is 12.4. The minimum atomic E-state index is 0. The van der Waals surface area contributed by atoms with Crippen LogP contribution in [0.2, 0.25) is 0 Å². The zero-order chi connectivity index (χ0) is 10.6. The fourth-order valence-corrected chi connectivity index (χ4v) is 1.24. The Bertz CT molecular complexity index is 302. The topological polar surface area (TPSA) is 0 Å². The summed E-state index contributed by atoms with van der Waals surface area (Å²) in [5.74, 6) is 0. The minimum Gasteiger partial charge on any atom is -1.00 e. The molecule has 0 saturated carbocycles. The summed E-state index contributed by atoms with van der Waals surface area (Å²) in [7, 11) is 0. The number of hydrogen-bond donors (Lipinski definition) is 0. The van der Waals surface area contributed by atoms with Crippen LogP contribution in [0.1, 0.15) is 40.5 Å². The number of rotatable bonds is 0. The molecule has 0 nitrogen and oxygen atoms in total. The number of allylic oxidation sites excluding steroid dienone is 8. The predicted molar refractivity (Wildman–Crippen MR) is 61.6 cm³/mol. The van der Waals surface area contributed by atoms with Crippen LogP contribution in [0.25, 0.3) is 0 Å². The van der Waals surface area contributed by atoms with E-state index >= 15 is 0 Å². The van der Waals surface area contributed by atoms with Crippen LogP contribution < -0.4 is 24.8 Å². The van der Waals surface area contributed by atoms with Gasteiger partial charge in [0, 0.05) is 0 Å². The van der Waals surface area contributed by atoms with Gasteiger partial charge in [0.15, 0.2) is 0 Å². The average Bonchev–Trinajstić information content (AvgIpc) is 2.67. The molecule has 0 unspecified atom stereocenters. The van der Waals surface area contributed by atoms with Gasteiger partial charge in [0.2, 0.25) is 0 Å². The first-order valence-electron chi connectivity index (χ1n) is 5.07. The van der Waals surface area contributed by atoms with Crippen LogP contribution in [0.3, 0.4) is 0 Å². The summed E-state index contributed by atoms with van der Waals surface area (Å²) in [5, 5.41) is 0. The van der Waals surface area contributed by atoms with Crippen molar-refractivity contribution in [3.63, 3.8) is 0 Å². The van der Waals surface area contributed by atoms with Gasteiger partial charge in [0.1, 0.15) is 0 Å². The standard InChI is InChI=1S/2C7H9.2ClH.Ti/c2*1-6-4-3-5-7(6)2;;;/h2*4H,5H2,1-2H3;2*1H;/q2*-1;;;+4/p-2. The number of halogens is 2. The maximum absolute atomic E-state index is 3.12. The molecule has 2 aliphatic carbocycles. The molecule has 0 bridgehead atoms. The Morgan fingerprint density at radius 1 is 0.765 bits per heavy atom. The van der Waals surface area contributed by atoms with Crippen molar-refractivity contribution in [2.45, 2.75) is 40.5 Å². The smallest absolute Gasteiger partial charge is 1.00 e. The molecule has 0 fully saturated rings. The van der Waals surface area contributed by atoms with Gasteiger partial charge >= 0.3 is 21.7 Å². The van der Waals surface area contributed by atoms with Gasteiger partial charge in [0.05, 0.1) is 0 Å². The molecule has 3 heteroatoms. The van der Waals surface area contributed by atoms with E-state index in [0.717, 1.165) is 12.8 Å². The second-order valence-corrected chi connectivity index (χ2v) is 3.98. The van der Waals surface area contributed by atoms with E-state index in [4.69, 9.17) is 0 Å². The summed E-state index contributed by atoms with van der Waals surface area (Å²) in [5.41, 5.74) is 5.69. The first-order valence-corrected chi connectivity index (χ1v) is 5.07. The Balaban J connectivity index is -0.000000196. The summed E-state index contributed by atoms with van der Waals surface area (Å²) in [4.78, 5) is 0. The summed E-state index contributed by atoms with van der Waals surface area (Å²) >= 11 is 0. The molecule has 2 rings (SSSR count). The third kappa shape index (κ3) is 8.05. The molecular formula is C14H18Cl2Ti. The molecule has 0 aromatic carbocycles. The van der Waals surface area contributed by atoms with Crippen molar-refractivity contribution in [1.82, 2.24) is 0 Å². The molecular weight excluding hydrogens is 287 g/mol. The van der Waals surface area contributed by atoms with Gasteiger partial charge in [-0.25, -0.2) is 23.3 Å². The van der Waals surface area contributed by atoms with Crippen LogP contribution in [-0.2, 0) is 21.7 Å². The van der Waals surface area contributed by atoms with E-state index < -0.39 is 0 Å². The van der Waals surface area contributed by atoms with E-state index in [0.29, 0.717) is 0 Å². The zero-order valence-corrected chi connectivity index (χ0v) is 13.9. The van der Waals surface area contributed by atoms with E-state index in [-0.39, 0.29) is 46.5 Å². The van der Waals surface area contributed by atoms with Crippen molar-refractivity contribution < 1.29 is 46.5 Å². The predicted octanol–water partition coefficient (Wildman–Crippen LogP) is -1.82. The van der Waals surface area contributed by atoms with Crippen molar-refractivity contribution in [3.05, 3.63) is 46.6 Å². The minimum absolute atomic E-state index is 0. The van der Waals surface area contributed by atoms with Gasteiger partial charge in [-0.3, -0.25) is 12.2 Å². The van der Waals surface area contributed by atoms with Crippen LogP contribution in [0.4, 0.5) is 0 Å². The Morgan fingerprint density at radius 2 is 1.06 bits per heavy atom. The van der Waals surface area contributed by atoms with E-state index in [2.05, 4.69) is 52.0 Å². The van der Waals surface area contributed by atoms with Gasteiger partial charge in [0.25, 0.3) is 0 Å². The largest absolute Gasteiger partial charge is 4.00 e. The Labute approximate surface area is 133 Å². The fourth-order valence-electron chi connectivity index (χ4n) is 1.24. The first-order chi connectivity index (χ1) is 6.61. The second kappa shape index (κ2) is 11.4. The van der Waals surface area contributed by atoms with Crippen LogP contribution in [0.15, 0.2) is 34.4 Å². The summed E-state index contributed by atoms with van der Waals surface area (Å²) in [6.45, 7) is 8.53. The van der Waals surface area contributed by atoms with Crippen LogP contribution >= 0.6 is 0 Å². The molecule has 0 saturated heterocycles. The summed E-state index contributed by atoms with van der Waals surface area (Å²) in [6, 6.07) is 0. The van der Waals surface area contributed by atoms with E-state index in [1.807, 2.05) is 0 Å². The average molecular weight is 305 g/mol. The Kier molecular flexibility index (Phi) is 15.0. The third-order valence-electron chi connectivity index (χ3n) is 2.72.